The second kappa shape index (κ2) is 10.8. The van der Waals surface area contributed by atoms with Crippen LogP contribution >= 0.6 is 11.5 Å². The Balaban J connectivity index is 1.05. The highest BCUT2D eigenvalue weighted by atomic mass is 32.1. The van der Waals surface area contributed by atoms with E-state index in [-0.39, 0.29) is 5.91 Å². The SMILES string of the molecule is Cc1ccc(Oc2ccc(Cc3nsc(N4CCCN(C(=O)c5ccc6c(c5)nnn6C)CC4)n3)cc2)cc1. The van der Waals surface area contributed by atoms with E-state index in [4.69, 9.17) is 9.72 Å². The van der Waals surface area contributed by atoms with Gasteiger partial charge in [0.1, 0.15) is 22.8 Å². The summed E-state index contributed by atoms with van der Waals surface area (Å²) < 4.78 is 12.3. The van der Waals surface area contributed by atoms with Crippen molar-refractivity contribution in [3.05, 3.63) is 89.2 Å². The van der Waals surface area contributed by atoms with Gasteiger partial charge in [0.15, 0.2) is 0 Å². The molecule has 3 heterocycles. The molecule has 0 atom stereocenters. The Hall–Kier alpha value is -4.31. The number of carbonyl (C=O) groups excluding carboxylic acids is 1. The average molecular weight is 540 g/mol. The van der Waals surface area contributed by atoms with Gasteiger partial charge in [-0.3, -0.25) is 4.79 Å². The lowest BCUT2D eigenvalue weighted by Gasteiger charge is -2.21. The molecule has 10 heteroatoms. The maximum atomic E-state index is 13.2. The summed E-state index contributed by atoms with van der Waals surface area (Å²) in [6.07, 6.45) is 1.53. The standard InChI is InChI=1S/C29H29N7O2S/c1-20-4-9-23(10-5-20)38-24-11-6-21(7-12-24)18-27-30-29(39-32-27)36-15-3-14-35(16-17-36)28(37)22-8-13-26-25(19-22)31-33-34(26)2/h4-13,19H,3,14-18H2,1-2H3. The predicted octanol–water partition coefficient (Wildman–Crippen LogP) is 4.86. The molecule has 0 radical (unpaired) electrons. The Morgan fingerprint density at radius 3 is 2.51 bits per heavy atom. The van der Waals surface area contributed by atoms with Crippen LogP contribution in [-0.4, -0.2) is 61.3 Å². The number of hydrogen-bond acceptors (Lipinski definition) is 8. The van der Waals surface area contributed by atoms with E-state index in [2.05, 4.69) is 38.6 Å². The van der Waals surface area contributed by atoms with E-state index in [1.807, 2.05) is 66.5 Å². The van der Waals surface area contributed by atoms with Crippen molar-refractivity contribution in [2.75, 3.05) is 31.1 Å². The first-order chi connectivity index (χ1) is 19.0. The van der Waals surface area contributed by atoms with Gasteiger partial charge in [0.2, 0.25) is 5.13 Å². The lowest BCUT2D eigenvalue weighted by Crippen LogP contribution is -2.35. The fourth-order valence-corrected chi connectivity index (χ4v) is 5.45. The van der Waals surface area contributed by atoms with Gasteiger partial charge in [-0.25, -0.2) is 9.67 Å². The molecule has 0 N–H and O–H groups in total. The average Bonchev–Trinajstić information content (AvgIpc) is 3.48. The van der Waals surface area contributed by atoms with E-state index in [0.29, 0.717) is 25.1 Å². The number of ether oxygens (including phenoxy) is 1. The fraction of sp³-hybridized carbons (Fsp3) is 0.276. The van der Waals surface area contributed by atoms with Crippen molar-refractivity contribution < 1.29 is 9.53 Å². The van der Waals surface area contributed by atoms with Crippen molar-refractivity contribution in [1.82, 2.24) is 29.3 Å². The lowest BCUT2D eigenvalue weighted by molar-refractivity contribution is 0.0767. The van der Waals surface area contributed by atoms with Gasteiger partial charge in [-0.15, -0.1) is 5.10 Å². The van der Waals surface area contributed by atoms with Crippen LogP contribution in [0.3, 0.4) is 0 Å². The monoisotopic (exact) mass is 539 g/mol. The van der Waals surface area contributed by atoms with Crippen LogP contribution < -0.4 is 9.64 Å². The second-order valence-electron chi connectivity index (χ2n) is 9.78. The van der Waals surface area contributed by atoms with E-state index in [1.54, 1.807) is 4.68 Å². The van der Waals surface area contributed by atoms with Crippen molar-refractivity contribution in [2.45, 2.75) is 19.8 Å². The summed E-state index contributed by atoms with van der Waals surface area (Å²) >= 11 is 1.42. The number of aryl methyl sites for hydroxylation is 2. The van der Waals surface area contributed by atoms with Crippen molar-refractivity contribution in [2.24, 2.45) is 7.05 Å². The molecular weight excluding hydrogens is 510 g/mol. The number of benzene rings is 3. The number of nitrogens with zero attached hydrogens (tertiary/aromatic N) is 7. The molecule has 2 aromatic heterocycles. The normalized spacial score (nSPS) is 14.0. The van der Waals surface area contributed by atoms with Crippen LogP contribution in [0.1, 0.15) is 33.7 Å². The summed E-state index contributed by atoms with van der Waals surface area (Å²) in [5.41, 5.74) is 4.62. The van der Waals surface area contributed by atoms with Crippen LogP contribution in [0.5, 0.6) is 11.5 Å². The summed E-state index contributed by atoms with van der Waals surface area (Å²) in [5, 5.41) is 9.08. The van der Waals surface area contributed by atoms with Gasteiger partial charge in [0, 0.05) is 56.7 Å². The quantitative estimate of drug-likeness (QED) is 0.304. The molecule has 0 spiro atoms. The molecular formula is C29H29N7O2S. The highest BCUT2D eigenvalue weighted by Gasteiger charge is 2.23. The highest BCUT2D eigenvalue weighted by molar-refractivity contribution is 7.09. The van der Waals surface area contributed by atoms with Crippen LogP contribution in [0.25, 0.3) is 11.0 Å². The number of hydrogen-bond donors (Lipinski definition) is 0. The van der Waals surface area contributed by atoms with Gasteiger partial charge in [-0.05, 0) is 61.4 Å². The minimum absolute atomic E-state index is 0.0251. The molecule has 0 unspecified atom stereocenters. The van der Waals surface area contributed by atoms with Crippen LogP contribution in [0.4, 0.5) is 5.13 Å². The van der Waals surface area contributed by atoms with Crippen molar-refractivity contribution in [1.29, 1.82) is 0 Å². The van der Waals surface area contributed by atoms with Crippen LogP contribution in [0, 0.1) is 6.92 Å². The van der Waals surface area contributed by atoms with E-state index in [1.165, 1.54) is 17.1 Å². The molecule has 39 heavy (non-hydrogen) atoms. The molecule has 6 rings (SSSR count). The summed E-state index contributed by atoms with van der Waals surface area (Å²) in [5.74, 6) is 2.45. The number of aromatic nitrogens is 5. The number of fused-ring (bicyclic) bond motifs is 1. The Kier molecular flexibility index (Phi) is 6.93. The first-order valence-corrected chi connectivity index (χ1v) is 13.8. The molecule has 198 valence electrons. The first kappa shape index (κ1) is 25.0. The number of amides is 1. The third-order valence-corrected chi connectivity index (χ3v) is 7.73. The topological polar surface area (TPSA) is 89.3 Å². The van der Waals surface area contributed by atoms with Gasteiger partial charge in [-0.2, -0.15) is 4.37 Å². The van der Waals surface area contributed by atoms with Crippen LogP contribution in [0.2, 0.25) is 0 Å². The van der Waals surface area contributed by atoms with Gasteiger partial charge in [-0.1, -0.05) is 35.0 Å². The lowest BCUT2D eigenvalue weighted by atomic mass is 10.1. The molecule has 3 aromatic carbocycles. The third kappa shape index (κ3) is 5.61. The highest BCUT2D eigenvalue weighted by Crippen LogP contribution is 2.25. The van der Waals surface area contributed by atoms with Gasteiger partial charge in [0.05, 0.1) is 5.52 Å². The molecule has 5 aromatic rings. The Morgan fingerprint density at radius 2 is 1.72 bits per heavy atom. The van der Waals surface area contributed by atoms with Crippen LogP contribution in [0.15, 0.2) is 66.7 Å². The van der Waals surface area contributed by atoms with Crippen molar-refractivity contribution in [3.63, 3.8) is 0 Å². The molecule has 1 fully saturated rings. The zero-order chi connectivity index (χ0) is 26.8. The van der Waals surface area contributed by atoms with E-state index in [0.717, 1.165) is 58.6 Å². The molecule has 0 aliphatic carbocycles. The smallest absolute Gasteiger partial charge is 0.253 e. The number of anilines is 1. The Bertz CT molecular complexity index is 1590. The minimum Gasteiger partial charge on any atom is -0.457 e. The predicted molar refractivity (Wildman–Crippen MR) is 152 cm³/mol. The fourth-order valence-electron chi connectivity index (χ4n) is 4.71. The minimum atomic E-state index is 0.0251. The van der Waals surface area contributed by atoms with E-state index >= 15 is 0 Å². The Labute approximate surface area is 230 Å². The summed E-state index contributed by atoms with van der Waals surface area (Å²) in [7, 11) is 1.84. The molecule has 1 amide bonds. The molecule has 1 saturated heterocycles. The molecule has 1 aliphatic heterocycles. The van der Waals surface area contributed by atoms with Gasteiger partial charge < -0.3 is 14.5 Å². The van der Waals surface area contributed by atoms with Crippen LogP contribution in [-0.2, 0) is 13.5 Å². The second-order valence-corrected chi connectivity index (χ2v) is 10.5. The maximum absolute atomic E-state index is 13.2. The molecule has 9 nitrogen and oxygen atoms in total. The zero-order valence-electron chi connectivity index (χ0n) is 21.9. The van der Waals surface area contributed by atoms with Crippen molar-refractivity contribution >= 4 is 33.6 Å². The zero-order valence-corrected chi connectivity index (χ0v) is 22.8. The largest absolute Gasteiger partial charge is 0.457 e. The summed E-state index contributed by atoms with van der Waals surface area (Å²) in [6, 6.07) is 21.7. The summed E-state index contributed by atoms with van der Waals surface area (Å²) in [6.45, 7) is 4.96. The number of rotatable bonds is 6. The number of carbonyl (C=O) groups is 1. The molecule has 1 aliphatic rings. The molecule has 0 saturated carbocycles. The first-order valence-electron chi connectivity index (χ1n) is 13.0. The third-order valence-electron chi connectivity index (χ3n) is 6.91. The van der Waals surface area contributed by atoms with Gasteiger partial charge >= 0.3 is 0 Å². The van der Waals surface area contributed by atoms with E-state index in [9.17, 15) is 4.79 Å². The maximum Gasteiger partial charge on any atom is 0.253 e. The van der Waals surface area contributed by atoms with Gasteiger partial charge in [0.25, 0.3) is 5.91 Å². The summed E-state index contributed by atoms with van der Waals surface area (Å²) in [4.78, 5) is 22.2. The van der Waals surface area contributed by atoms with Crippen molar-refractivity contribution in [3.8, 4) is 11.5 Å². The molecule has 0 bridgehead atoms. The Morgan fingerprint density at radius 1 is 0.949 bits per heavy atom. The van der Waals surface area contributed by atoms with E-state index < -0.39 is 0 Å².